The van der Waals surface area contributed by atoms with Crippen LogP contribution in [0.4, 0.5) is 0 Å². The molecular weight excluding hydrogens is 206 g/mol. The van der Waals surface area contributed by atoms with Crippen LogP contribution in [0, 0.1) is 16.7 Å². The van der Waals surface area contributed by atoms with E-state index in [-0.39, 0.29) is 6.42 Å². The molecule has 1 rings (SSSR count). The van der Waals surface area contributed by atoms with Crippen molar-refractivity contribution in [1.29, 1.82) is 5.26 Å². The van der Waals surface area contributed by atoms with Gasteiger partial charge >= 0.3 is 0 Å². The van der Waals surface area contributed by atoms with Crippen LogP contribution in [0.15, 0.2) is 0 Å². The molecule has 1 fully saturated rings. The number of nitrogens with zero attached hydrogens (tertiary/aromatic N) is 1. The fraction of sp³-hybridized carbons (Fsp3) is 0.714. The molecule has 78 valence electrons. The zero-order valence-corrected chi connectivity index (χ0v) is 8.47. The summed E-state index contributed by atoms with van der Waals surface area (Å²) in [4.78, 5) is 11.4. The number of amides is 1. The highest BCUT2D eigenvalue weighted by Crippen LogP contribution is 2.49. The van der Waals surface area contributed by atoms with Crippen LogP contribution in [0.1, 0.15) is 13.3 Å². The molecular formula is C7H11N3O3S. The summed E-state index contributed by atoms with van der Waals surface area (Å²) in [5.41, 5.74) is -1.45. The van der Waals surface area contributed by atoms with Gasteiger partial charge in [-0.1, -0.05) is 0 Å². The maximum atomic E-state index is 11.4. The Morgan fingerprint density at radius 1 is 1.79 bits per heavy atom. The minimum atomic E-state index is -3.80. The first-order chi connectivity index (χ1) is 6.38. The van der Waals surface area contributed by atoms with Crippen LogP contribution in [0.2, 0.25) is 0 Å². The molecule has 0 aromatic rings. The monoisotopic (exact) mass is 217 g/mol. The summed E-state index contributed by atoms with van der Waals surface area (Å²) in [6.07, 6.45) is -0.00579. The molecule has 1 aliphatic carbocycles. The highest BCUT2D eigenvalue weighted by atomic mass is 32.2. The number of nitrogens with one attached hydrogen (secondary N) is 1. The van der Waals surface area contributed by atoms with Gasteiger partial charge < -0.3 is 5.32 Å². The Bertz CT molecular complexity index is 397. The minimum absolute atomic E-state index is 0.00579. The SMILES string of the molecule is CCNC(=O)[C@]1(C#N)C[C@H]1S(N)(=O)=O. The van der Waals surface area contributed by atoms with Crippen molar-refractivity contribution >= 4 is 15.9 Å². The molecule has 6 nitrogen and oxygen atoms in total. The van der Waals surface area contributed by atoms with Gasteiger partial charge in [-0.2, -0.15) is 5.26 Å². The zero-order chi connectivity index (χ0) is 11.0. The summed E-state index contributed by atoms with van der Waals surface area (Å²) in [6.45, 7) is 2.05. The van der Waals surface area contributed by atoms with Crippen molar-refractivity contribution in [3.63, 3.8) is 0 Å². The number of carbonyl (C=O) groups excluding carboxylic acids is 1. The lowest BCUT2D eigenvalue weighted by molar-refractivity contribution is -0.124. The Hall–Kier alpha value is -1.13. The summed E-state index contributed by atoms with van der Waals surface area (Å²) in [5, 5.41) is 15.0. The van der Waals surface area contributed by atoms with Crippen molar-refractivity contribution in [2.75, 3.05) is 6.54 Å². The maximum Gasteiger partial charge on any atom is 0.241 e. The van der Waals surface area contributed by atoms with E-state index in [4.69, 9.17) is 10.4 Å². The molecule has 2 atom stereocenters. The lowest BCUT2D eigenvalue weighted by Crippen LogP contribution is -2.36. The summed E-state index contributed by atoms with van der Waals surface area (Å²) in [7, 11) is -3.80. The Labute approximate surface area is 82.1 Å². The van der Waals surface area contributed by atoms with Gasteiger partial charge in [-0.05, 0) is 13.3 Å². The zero-order valence-electron chi connectivity index (χ0n) is 7.65. The largest absolute Gasteiger partial charge is 0.355 e. The average Bonchev–Trinajstić information content (AvgIpc) is 2.79. The first-order valence-electron chi connectivity index (χ1n) is 4.09. The number of rotatable bonds is 3. The molecule has 0 aliphatic heterocycles. The first-order valence-corrected chi connectivity index (χ1v) is 5.70. The lowest BCUT2D eigenvalue weighted by Gasteiger charge is -2.06. The number of primary sulfonamides is 1. The normalized spacial score (nSPS) is 30.5. The first kappa shape index (κ1) is 10.9. The fourth-order valence-corrected chi connectivity index (χ4v) is 2.57. The second kappa shape index (κ2) is 3.22. The summed E-state index contributed by atoms with van der Waals surface area (Å²) in [6, 6.07) is 1.72. The number of carbonyl (C=O) groups is 1. The molecule has 0 aromatic heterocycles. The van der Waals surface area contributed by atoms with E-state index in [1.165, 1.54) is 0 Å². The van der Waals surface area contributed by atoms with Crippen LogP contribution in [0.3, 0.4) is 0 Å². The molecule has 0 bridgehead atoms. The molecule has 1 aliphatic rings. The maximum absolute atomic E-state index is 11.4. The highest BCUT2D eigenvalue weighted by molar-refractivity contribution is 7.90. The number of sulfonamides is 1. The minimum Gasteiger partial charge on any atom is -0.355 e. The molecule has 0 radical (unpaired) electrons. The van der Waals surface area contributed by atoms with Crippen LogP contribution in [0.25, 0.3) is 0 Å². The third kappa shape index (κ3) is 1.58. The van der Waals surface area contributed by atoms with E-state index in [1.54, 1.807) is 13.0 Å². The third-order valence-corrected chi connectivity index (χ3v) is 3.60. The molecule has 1 amide bonds. The molecule has 0 unspecified atom stereocenters. The summed E-state index contributed by atoms with van der Waals surface area (Å²) < 4.78 is 21.8. The van der Waals surface area contributed by atoms with Crippen molar-refractivity contribution in [3.05, 3.63) is 0 Å². The molecule has 0 heterocycles. The predicted octanol–water partition coefficient (Wildman–Crippen LogP) is -1.31. The molecule has 0 saturated heterocycles. The van der Waals surface area contributed by atoms with Crippen molar-refractivity contribution in [2.45, 2.75) is 18.6 Å². The topological polar surface area (TPSA) is 113 Å². The van der Waals surface area contributed by atoms with E-state index in [0.29, 0.717) is 6.54 Å². The molecule has 1 saturated carbocycles. The third-order valence-electron chi connectivity index (χ3n) is 2.24. The Morgan fingerprint density at radius 3 is 2.64 bits per heavy atom. The second-order valence-electron chi connectivity index (χ2n) is 3.22. The molecule has 0 spiro atoms. The van der Waals surface area contributed by atoms with E-state index in [9.17, 15) is 13.2 Å². The van der Waals surface area contributed by atoms with E-state index >= 15 is 0 Å². The molecule has 0 aromatic carbocycles. The van der Waals surface area contributed by atoms with E-state index in [0.717, 1.165) is 0 Å². The van der Waals surface area contributed by atoms with Crippen LogP contribution in [-0.4, -0.2) is 26.1 Å². The van der Waals surface area contributed by atoms with Crippen molar-refractivity contribution in [2.24, 2.45) is 10.6 Å². The van der Waals surface area contributed by atoms with Gasteiger partial charge in [0.05, 0.1) is 6.07 Å². The number of hydrogen-bond acceptors (Lipinski definition) is 4. The fourth-order valence-electron chi connectivity index (χ4n) is 1.36. The Balaban J connectivity index is 2.88. The van der Waals surface area contributed by atoms with E-state index < -0.39 is 26.6 Å². The van der Waals surface area contributed by atoms with Gasteiger partial charge in [-0.3, -0.25) is 4.79 Å². The highest BCUT2D eigenvalue weighted by Gasteiger charge is 2.66. The smallest absolute Gasteiger partial charge is 0.241 e. The molecule has 3 N–H and O–H groups in total. The number of nitriles is 1. The van der Waals surface area contributed by atoms with Crippen molar-refractivity contribution in [1.82, 2.24) is 5.32 Å². The van der Waals surface area contributed by atoms with Gasteiger partial charge in [0.1, 0.15) is 5.25 Å². The van der Waals surface area contributed by atoms with Gasteiger partial charge in [0, 0.05) is 6.54 Å². The Kier molecular flexibility index (Phi) is 2.52. The number of hydrogen-bond donors (Lipinski definition) is 2. The van der Waals surface area contributed by atoms with Gasteiger partial charge in [-0.25, -0.2) is 13.6 Å². The summed E-state index contributed by atoms with van der Waals surface area (Å²) >= 11 is 0. The van der Waals surface area contributed by atoms with Crippen LogP contribution in [-0.2, 0) is 14.8 Å². The van der Waals surface area contributed by atoms with E-state index in [1.807, 2.05) is 0 Å². The Morgan fingerprint density at radius 2 is 2.36 bits per heavy atom. The van der Waals surface area contributed by atoms with Gasteiger partial charge in [0.2, 0.25) is 15.9 Å². The van der Waals surface area contributed by atoms with Crippen LogP contribution >= 0.6 is 0 Å². The molecule has 14 heavy (non-hydrogen) atoms. The van der Waals surface area contributed by atoms with Gasteiger partial charge in [-0.15, -0.1) is 0 Å². The van der Waals surface area contributed by atoms with Gasteiger partial charge in [0.25, 0.3) is 0 Å². The second-order valence-corrected chi connectivity index (χ2v) is 4.97. The van der Waals surface area contributed by atoms with Crippen LogP contribution < -0.4 is 10.5 Å². The standard InChI is InChI=1S/C7H11N3O3S/c1-2-10-6(11)7(4-8)3-5(7)14(9,12)13/h5H,2-3H2,1H3,(H,10,11)(H2,9,12,13)/t5-,7+/m1/s1. The van der Waals surface area contributed by atoms with E-state index in [2.05, 4.69) is 5.32 Å². The quantitative estimate of drug-likeness (QED) is 0.611. The number of nitrogens with two attached hydrogens (primary N) is 1. The lowest BCUT2D eigenvalue weighted by atomic mass is 10.1. The van der Waals surface area contributed by atoms with Crippen molar-refractivity contribution < 1.29 is 13.2 Å². The molecule has 7 heteroatoms. The van der Waals surface area contributed by atoms with Crippen LogP contribution in [0.5, 0.6) is 0 Å². The summed E-state index contributed by atoms with van der Waals surface area (Å²) in [5.74, 6) is -0.554. The predicted molar refractivity (Wildman–Crippen MR) is 48.2 cm³/mol. The average molecular weight is 217 g/mol. The van der Waals surface area contributed by atoms with Crippen molar-refractivity contribution in [3.8, 4) is 6.07 Å². The van der Waals surface area contributed by atoms with Gasteiger partial charge in [0.15, 0.2) is 5.41 Å².